The molecule has 0 spiro atoms. The summed E-state index contributed by atoms with van der Waals surface area (Å²) in [6.07, 6.45) is 0.879. The summed E-state index contributed by atoms with van der Waals surface area (Å²) in [6, 6.07) is 2.12. The number of carbonyl (C=O) groups excluding carboxylic acids is 1. The highest BCUT2D eigenvalue weighted by atomic mass is 16.5. The molecule has 4 heteroatoms. The molecule has 1 saturated heterocycles. The second-order valence-corrected chi connectivity index (χ2v) is 3.52. The van der Waals surface area contributed by atoms with Crippen LogP contribution in [0.2, 0.25) is 0 Å². The van der Waals surface area contributed by atoms with Crippen LogP contribution in [-0.4, -0.2) is 36.6 Å². The molecular formula is C10H16N2O2. The van der Waals surface area contributed by atoms with Gasteiger partial charge in [0.15, 0.2) is 0 Å². The summed E-state index contributed by atoms with van der Waals surface area (Å²) in [5.74, 6) is -0.607. The lowest BCUT2D eigenvalue weighted by atomic mass is 10.1. The third-order valence-electron chi connectivity index (χ3n) is 2.55. The molecule has 0 aliphatic carbocycles. The predicted octanol–water partition coefficient (Wildman–Crippen LogP) is 0.783. The van der Waals surface area contributed by atoms with Crippen LogP contribution in [-0.2, 0) is 9.53 Å². The number of ether oxygens (including phenoxy) is 1. The van der Waals surface area contributed by atoms with Crippen LogP contribution in [0.15, 0.2) is 0 Å². The Bertz CT molecular complexity index is 247. The number of nitriles is 1. The van der Waals surface area contributed by atoms with Crippen LogP contribution in [0.5, 0.6) is 0 Å². The number of rotatable bonds is 2. The smallest absolute Gasteiger partial charge is 0.240 e. The zero-order chi connectivity index (χ0) is 10.6. The minimum atomic E-state index is -0.540. The highest BCUT2D eigenvalue weighted by Crippen LogP contribution is 2.13. The highest BCUT2D eigenvalue weighted by Gasteiger charge is 2.28. The third kappa shape index (κ3) is 2.24. The monoisotopic (exact) mass is 196 g/mol. The zero-order valence-corrected chi connectivity index (χ0v) is 8.69. The van der Waals surface area contributed by atoms with Gasteiger partial charge in [0.25, 0.3) is 0 Å². The summed E-state index contributed by atoms with van der Waals surface area (Å²) < 4.78 is 5.29. The van der Waals surface area contributed by atoms with Crippen LogP contribution in [0.1, 0.15) is 20.3 Å². The van der Waals surface area contributed by atoms with Crippen LogP contribution < -0.4 is 0 Å². The molecule has 14 heavy (non-hydrogen) atoms. The van der Waals surface area contributed by atoms with E-state index in [2.05, 4.69) is 0 Å². The van der Waals surface area contributed by atoms with E-state index in [0.717, 1.165) is 6.42 Å². The Morgan fingerprint density at radius 2 is 2.50 bits per heavy atom. The normalized spacial score (nSPS) is 24.1. The van der Waals surface area contributed by atoms with Gasteiger partial charge in [-0.15, -0.1) is 0 Å². The maximum Gasteiger partial charge on any atom is 0.240 e. The summed E-state index contributed by atoms with van der Waals surface area (Å²) in [7, 11) is 0. The summed E-state index contributed by atoms with van der Waals surface area (Å²) in [4.78, 5) is 13.5. The van der Waals surface area contributed by atoms with Crippen molar-refractivity contribution in [3.63, 3.8) is 0 Å². The summed E-state index contributed by atoms with van der Waals surface area (Å²) in [5, 5.41) is 8.67. The molecule has 0 radical (unpaired) electrons. The van der Waals surface area contributed by atoms with E-state index in [-0.39, 0.29) is 11.9 Å². The predicted molar refractivity (Wildman–Crippen MR) is 51.4 cm³/mol. The Hall–Kier alpha value is -1.08. The molecule has 1 aliphatic heterocycles. The van der Waals surface area contributed by atoms with Crippen LogP contribution in [0.25, 0.3) is 0 Å². The van der Waals surface area contributed by atoms with Crippen LogP contribution in [0.3, 0.4) is 0 Å². The topological polar surface area (TPSA) is 53.3 Å². The highest BCUT2D eigenvalue weighted by molar-refractivity contribution is 5.81. The zero-order valence-electron chi connectivity index (χ0n) is 8.69. The van der Waals surface area contributed by atoms with Gasteiger partial charge in [-0.05, 0) is 13.3 Å². The van der Waals surface area contributed by atoms with Crippen molar-refractivity contribution in [1.82, 2.24) is 4.90 Å². The van der Waals surface area contributed by atoms with Crippen molar-refractivity contribution in [3.8, 4) is 6.07 Å². The number of amides is 1. The average Bonchev–Trinajstić information content (AvgIpc) is 2.26. The van der Waals surface area contributed by atoms with Gasteiger partial charge < -0.3 is 9.64 Å². The molecule has 4 nitrogen and oxygen atoms in total. The molecule has 1 fully saturated rings. The van der Waals surface area contributed by atoms with Gasteiger partial charge in [0.1, 0.15) is 5.92 Å². The molecule has 0 bridgehead atoms. The molecule has 0 aromatic rings. The molecule has 1 amide bonds. The molecular weight excluding hydrogens is 180 g/mol. The number of hydrogen-bond acceptors (Lipinski definition) is 3. The van der Waals surface area contributed by atoms with Crippen LogP contribution in [0.4, 0.5) is 0 Å². The average molecular weight is 196 g/mol. The van der Waals surface area contributed by atoms with Gasteiger partial charge in [-0.2, -0.15) is 5.26 Å². The van der Waals surface area contributed by atoms with Crippen molar-refractivity contribution in [2.45, 2.75) is 26.3 Å². The second kappa shape index (κ2) is 4.97. The van der Waals surface area contributed by atoms with Crippen molar-refractivity contribution >= 4 is 5.91 Å². The molecule has 1 rings (SSSR count). The first-order chi connectivity index (χ1) is 6.70. The van der Waals surface area contributed by atoms with Gasteiger partial charge in [0.2, 0.25) is 5.91 Å². The molecule has 2 atom stereocenters. The minimum absolute atomic E-state index is 0.0670. The van der Waals surface area contributed by atoms with Crippen molar-refractivity contribution in [2.75, 3.05) is 19.8 Å². The van der Waals surface area contributed by atoms with Crippen molar-refractivity contribution in [3.05, 3.63) is 0 Å². The van der Waals surface area contributed by atoms with Crippen molar-refractivity contribution < 1.29 is 9.53 Å². The first-order valence-corrected chi connectivity index (χ1v) is 4.98. The van der Waals surface area contributed by atoms with E-state index < -0.39 is 5.92 Å². The molecule has 0 saturated carbocycles. The molecule has 0 aromatic carbocycles. The quantitative estimate of drug-likeness (QED) is 0.656. The minimum Gasteiger partial charge on any atom is -0.377 e. The second-order valence-electron chi connectivity index (χ2n) is 3.52. The Morgan fingerprint density at radius 3 is 3.07 bits per heavy atom. The van der Waals surface area contributed by atoms with E-state index in [4.69, 9.17) is 10.00 Å². The Morgan fingerprint density at radius 1 is 1.79 bits per heavy atom. The molecule has 2 unspecified atom stereocenters. The molecule has 0 aromatic heterocycles. The van der Waals surface area contributed by atoms with Gasteiger partial charge in [0.05, 0.1) is 25.3 Å². The maximum atomic E-state index is 11.7. The largest absolute Gasteiger partial charge is 0.377 e. The number of nitrogens with zero attached hydrogens (tertiary/aromatic N) is 2. The SMILES string of the molecule is CCC1COCCN1C(=O)C(C)C#N. The molecule has 1 heterocycles. The van der Waals surface area contributed by atoms with Gasteiger partial charge in [-0.1, -0.05) is 6.92 Å². The van der Waals surface area contributed by atoms with Crippen LogP contribution >= 0.6 is 0 Å². The maximum absolute atomic E-state index is 11.7. The first-order valence-electron chi connectivity index (χ1n) is 4.98. The number of morpholine rings is 1. The summed E-state index contributed by atoms with van der Waals surface area (Å²) in [5.41, 5.74) is 0. The van der Waals surface area contributed by atoms with Crippen LogP contribution in [0, 0.1) is 17.2 Å². The molecule has 78 valence electrons. The lowest BCUT2D eigenvalue weighted by Crippen LogP contribution is -2.49. The Balaban J connectivity index is 2.64. The lowest BCUT2D eigenvalue weighted by Gasteiger charge is -2.35. The van der Waals surface area contributed by atoms with E-state index in [1.807, 2.05) is 13.0 Å². The van der Waals surface area contributed by atoms with Crippen molar-refractivity contribution in [2.24, 2.45) is 5.92 Å². The fourth-order valence-corrected chi connectivity index (χ4v) is 1.59. The summed E-state index contributed by atoms with van der Waals surface area (Å²) >= 11 is 0. The van der Waals surface area contributed by atoms with E-state index in [0.29, 0.717) is 19.8 Å². The number of hydrogen-bond donors (Lipinski definition) is 0. The number of carbonyl (C=O) groups is 1. The fraction of sp³-hybridized carbons (Fsp3) is 0.800. The molecule has 0 N–H and O–H groups in total. The first kappa shape index (κ1) is 11.0. The molecule has 1 aliphatic rings. The van der Waals surface area contributed by atoms with Gasteiger partial charge in [0, 0.05) is 6.54 Å². The van der Waals surface area contributed by atoms with Crippen molar-refractivity contribution in [1.29, 1.82) is 5.26 Å². The third-order valence-corrected chi connectivity index (χ3v) is 2.55. The Kier molecular flexibility index (Phi) is 3.90. The lowest BCUT2D eigenvalue weighted by molar-refractivity contribution is -0.142. The van der Waals surface area contributed by atoms with Gasteiger partial charge >= 0.3 is 0 Å². The van der Waals surface area contributed by atoms with E-state index >= 15 is 0 Å². The Labute approximate surface area is 84.4 Å². The van der Waals surface area contributed by atoms with E-state index in [9.17, 15) is 4.79 Å². The van der Waals surface area contributed by atoms with E-state index in [1.54, 1.807) is 11.8 Å². The fourth-order valence-electron chi connectivity index (χ4n) is 1.59. The van der Waals surface area contributed by atoms with E-state index in [1.165, 1.54) is 0 Å². The van der Waals surface area contributed by atoms with Gasteiger partial charge in [-0.3, -0.25) is 4.79 Å². The standard InChI is InChI=1S/C10H16N2O2/c1-3-9-7-14-5-4-12(9)10(13)8(2)6-11/h8-9H,3-5,7H2,1-2H3. The summed E-state index contributed by atoms with van der Waals surface area (Å²) in [6.45, 7) is 5.46. The van der Waals surface area contributed by atoms with Gasteiger partial charge in [-0.25, -0.2) is 0 Å².